The van der Waals surface area contributed by atoms with E-state index in [2.05, 4.69) is 28.1 Å². The standard InChI is InChI=1S/C17H22BrNO/c1-16(2)13-7-3-4-8-14(13)19(15(16)20)12-17(11-18)9-5-6-10-17/h3-4,7-8H,5-6,9-12H2,1-2H3. The summed E-state index contributed by atoms with van der Waals surface area (Å²) in [6.07, 6.45) is 5.03. The molecule has 1 aliphatic heterocycles. The van der Waals surface area contributed by atoms with Crippen LogP contribution in [0.15, 0.2) is 24.3 Å². The van der Waals surface area contributed by atoms with Crippen molar-refractivity contribution in [1.82, 2.24) is 0 Å². The fourth-order valence-corrected chi connectivity index (χ4v) is 4.49. The van der Waals surface area contributed by atoms with Crippen LogP contribution in [-0.4, -0.2) is 17.8 Å². The highest BCUT2D eigenvalue weighted by Crippen LogP contribution is 2.46. The molecule has 3 heteroatoms. The highest BCUT2D eigenvalue weighted by atomic mass is 79.9. The lowest BCUT2D eigenvalue weighted by atomic mass is 9.86. The molecule has 1 aromatic carbocycles. The molecule has 1 saturated carbocycles. The van der Waals surface area contributed by atoms with Gasteiger partial charge in [-0.15, -0.1) is 0 Å². The quantitative estimate of drug-likeness (QED) is 0.755. The lowest BCUT2D eigenvalue weighted by Gasteiger charge is -2.33. The number of anilines is 1. The first-order chi connectivity index (χ1) is 9.50. The number of fused-ring (bicyclic) bond motifs is 1. The Labute approximate surface area is 129 Å². The third kappa shape index (κ3) is 2.02. The van der Waals surface area contributed by atoms with Gasteiger partial charge >= 0.3 is 0 Å². The summed E-state index contributed by atoms with van der Waals surface area (Å²) in [5.74, 6) is 0.255. The molecular weight excluding hydrogens is 314 g/mol. The molecule has 0 bridgehead atoms. The fraction of sp³-hybridized carbons (Fsp3) is 0.588. The van der Waals surface area contributed by atoms with Gasteiger partial charge in [-0.25, -0.2) is 0 Å². The van der Waals surface area contributed by atoms with Gasteiger partial charge in [0.15, 0.2) is 0 Å². The van der Waals surface area contributed by atoms with Crippen LogP contribution in [0, 0.1) is 5.41 Å². The van der Waals surface area contributed by atoms with E-state index in [9.17, 15) is 4.79 Å². The SMILES string of the molecule is CC1(C)C(=O)N(CC2(CBr)CCCC2)c2ccccc21. The van der Waals surface area contributed by atoms with E-state index in [1.807, 2.05) is 30.9 Å². The van der Waals surface area contributed by atoms with E-state index in [0.29, 0.717) is 0 Å². The van der Waals surface area contributed by atoms with Gasteiger partial charge in [0, 0.05) is 17.6 Å². The Morgan fingerprint density at radius 3 is 2.50 bits per heavy atom. The number of rotatable bonds is 3. The Morgan fingerprint density at radius 1 is 1.20 bits per heavy atom. The number of amides is 1. The molecule has 3 rings (SSSR count). The first-order valence-electron chi connectivity index (χ1n) is 7.48. The predicted molar refractivity (Wildman–Crippen MR) is 86.5 cm³/mol. The number of hydrogen-bond acceptors (Lipinski definition) is 1. The normalized spacial score (nSPS) is 23.1. The Bertz CT molecular complexity index is 532. The van der Waals surface area contributed by atoms with Crippen LogP contribution in [0.2, 0.25) is 0 Å². The molecule has 1 aliphatic carbocycles. The summed E-state index contributed by atoms with van der Waals surface area (Å²) in [6.45, 7) is 4.95. The fourth-order valence-electron chi connectivity index (χ4n) is 3.75. The topological polar surface area (TPSA) is 20.3 Å². The minimum Gasteiger partial charge on any atom is -0.311 e. The average molecular weight is 336 g/mol. The Balaban J connectivity index is 1.96. The van der Waals surface area contributed by atoms with Crippen molar-refractivity contribution in [2.45, 2.75) is 44.9 Å². The number of carbonyl (C=O) groups excluding carboxylic acids is 1. The molecular formula is C17H22BrNO. The smallest absolute Gasteiger partial charge is 0.237 e. The molecule has 0 saturated heterocycles. The van der Waals surface area contributed by atoms with Gasteiger partial charge in [0.1, 0.15) is 0 Å². The van der Waals surface area contributed by atoms with Crippen molar-refractivity contribution < 1.29 is 4.79 Å². The number of alkyl halides is 1. The van der Waals surface area contributed by atoms with Crippen molar-refractivity contribution in [3.8, 4) is 0 Å². The summed E-state index contributed by atoms with van der Waals surface area (Å²) in [5.41, 5.74) is 2.17. The van der Waals surface area contributed by atoms with Crippen molar-refractivity contribution in [3.63, 3.8) is 0 Å². The first-order valence-corrected chi connectivity index (χ1v) is 8.60. The van der Waals surface area contributed by atoms with E-state index in [4.69, 9.17) is 0 Å². The van der Waals surface area contributed by atoms with Crippen molar-refractivity contribution in [2.24, 2.45) is 5.41 Å². The van der Waals surface area contributed by atoms with E-state index in [1.165, 1.54) is 31.2 Å². The summed E-state index contributed by atoms with van der Waals surface area (Å²) >= 11 is 3.69. The number of benzene rings is 1. The van der Waals surface area contributed by atoms with Crippen LogP contribution in [0.3, 0.4) is 0 Å². The largest absolute Gasteiger partial charge is 0.311 e. The van der Waals surface area contributed by atoms with Crippen LogP contribution in [0.1, 0.15) is 45.1 Å². The maximum atomic E-state index is 12.8. The Kier molecular flexibility index (Phi) is 3.44. The summed E-state index contributed by atoms with van der Waals surface area (Å²) < 4.78 is 0. The number of carbonyl (C=O) groups is 1. The highest BCUT2D eigenvalue weighted by Gasteiger charge is 2.46. The maximum Gasteiger partial charge on any atom is 0.237 e. The van der Waals surface area contributed by atoms with Gasteiger partial charge in [-0.1, -0.05) is 47.0 Å². The average Bonchev–Trinajstić information content (AvgIpc) is 2.99. The number of para-hydroxylation sites is 1. The van der Waals surface area contributed by atoms with Gasteiger partial charge in [0.2, 0.25) is 5.91 Å². The van der Waals surface area contributed by atoms with Crippen LogP contribution in [0.4, 0.5) is 5.69 Å². The second-order valence-electron chi connectivity index (χ2n) is 6.87. The van der Waals surface area contributed by atoms with Crippen LogP contribution in [0.25, 0.3) is 0 Å². The molecule has 1 aromatic rings. The lowest BCUT2D eigenvalue weighted by molar-refractivity contribution is -0.122. The summed E-state index contributed by atoms with van der Waals surface area (Å²) in [6, 6.07) is 8.27. The molecule has 2 aliphatic rings. The molecule has 0 aromatic heterocycles. The molecule has 1 heterocycles. The third-order valence-electron chi connectivity index (χ3n) is 5.09. The third-order valence-corrected chi connectivity index (χ3v) is 6.28. The second kappa shape index (κ2) is 4.87. The minimum absolute atomic E-state index is 0.255. The zero-order chi connectivity index (χ0) is 14.4. The molecule has 20 heavy (non-hydrogen) atoms. The summed E-state index contributed by atoms with van der Waals surface area (Å²) in [4.78, 5) is 14.9. The maximum absolute atomic E-state index is 12.8. The molecule has 1 fully saturated rings. The number of nitrogens with zero attached hydrogens (tertiary/aromatic N) is 1. The lowest BCUT2D eigenvalue weighted by Crippen LogP contribution is -2.43. The van der Waals surface area contributed by atoms with Gasteiger partial charge in [0.25, 0.3) is 0 Å². The van der Waals surface area contributed by atoms with E-state index in [-0.39, 0.29) is 16.7 Å². The van der Waals surface area contributed by atoms with Gasteiger partial charge < -0.3 is 4.90 Å². The van der Waals surface area contributed by atoms with Crippen LogP contribution >= 0.6 is 15.9 Å². The highest BCUT2D eigenvalue weighted by molar-refractivity contribution is 9.09. The van der Waals surface area contributed by atoms with Gasteiger partial charge in [-0.05, 0) is 43.7 Å². The van der Waals surface area contributed by atoms with Crippen molar-refractivity contribution in [3.05, 3.63) is 29.8 Å². The molecule has 0 atom stereocenters. The predicted octanol–water partition coefficient (Wildman–Crippen LogP) is 4.27. The number of hydrogen-bond donors (Lipinski definition) is 0. The van der Waals surface area contributed by atoms with E-state index in [1.54, 1.807) is 0 Å². The zero-order valence-corrected chi connectivity index (χ0v) is 13.9. The summed E-state index contributed by atoms with van der Waals surface area (Å²) in [7, 11) is 0. The van der Waals surface area contributed by atoms with E-state index in [0.717, 1.165) is 17.6 Å². The van der Waals surface area contributed by atoms with Crippen molar-refractivity contribution >= 4 is 27.5 Å². The molecule has 0 unspecified atom stereocenters. The Morgan fingerprint density at radius 2 is 1.85 bits per heavy atom. The second-order valence-corrected chi connectivity index (χ2v) is 7.43. The van der Waals surface area contributed by atoms with E-state index >= 15 is 0 Å². The van der Waals surface area contributed by atoms with Crippen LogP contribution < -0.4 is 4.90 Å². The van der Waals surface area contributed by atoms with Gasteiger partial charge in [-0.2, -0.15) is 0 Å². The van der Waals surface area contributed by atoms with Crippen LogP contribution in [0.5, 0.6) is 0 Å². The van der Waals surface area contributed by atoms with Crippen LogP contribution in [-0.2, 0) is 10.2 Å². The minimum atomic E-state index is -0.386. The molecule has 0 radical (unpaired) electrons. The molecule has 0 N–H and O–H groups in total. The van der Waals surface area contributed by atoms with Crippen molar-refractivity contribution in [2.75, 3.05) is 16.8 Å². The molecule has 2 nitrogen and oxygen atoms in total. The number of halogens is 1. The molecule has 108 valence electrons. The first kappa shape index (κ1) is 14.1. The van der Waals surface area contributed by atoms with Gasteiger partial charge in [-0.3, -0.25) is 4.79 Å². The Hall–Kier alpha value is -0.830. The van der Waals surface area contributed by atoms with E-state index < -0.39 is 0 Å². The molecule has 0 spiro atoms. The zero-order valence-electron chi connectivity index (χ0n) is 12.3. The van der Waals surface area contributed by atoms with Gasteiger partial charge in [0.05, 0.1) is 5.41 Å². The molecule has 1 amide bonds. The monoisotopic (exact) mass is 335 g/mol. The van der Waals surface area contributed by atoms with Crippen molar-refractivity contribution in [1.29, 1.82) is 0 Å². The summed E-state index contributed by atoms with van der Waals surface area (Å²) in [5, 5.41) is 0.992.